The SMILES string of the molecule is CC(c1ccc(-c2cnc(N)nc2)cc1)N1CCOCC1. The van der Waals surface area contributed by atoms with Crippen LogP contribution in [0.1, 0.15) is 18.5 Å². The molecule has 5 heteroatoms. The van der Waals surface area contributed by atoms with E-state index in [1.54, 1.807) is 12.4 Å². The monoisotopic (exact) mass is 284 g/mol. The van der Waals surface area contributed by atoms with Crippen molar-refractivity contribution in [3.05, 3.63) is 42.2 Å². The molecule has 1 fully saturated rings. The number of morpholine rings is 1. The summed E-state index contributed by atoms with van der Waals surface area (Å²) in [4.78, 5) is 10.5. The minimum Gasteiger partial charge on any atom is -0.379 e. The van der Waals surface area contributed by atoms with Gasteiger partial charge in [0.15, 0.2) is 0 Å². The molecule has 0 saturated carbocycles. The van der Waals surface area contributed by atoms with Crippen molar-refractivity contribution in [2.24, 2.45) is 0 Å². The van der Waals surface area contributed by atoms with E-state index >= 15 is 0 Å². The third kappa shape index (κ3) is 3.20. The zero-order valence-electron chi connectivity index (χ0n) is 12.2. The minimum absolute atomic E-state index is 0.302. The van der Waals surface area contributed by atoms with Crippen molar-refractivity contribution in [1.82, 2.24) is 14.9 Å². The van der Waals surface area contributed by atoms with E-state index in [2.05, 4.69) is 46.1 Å². The average Bonchev–Trinajstić information content (AvgIpc) is 2.56. The van der Waals surface area contributed by atoms with E-state index in [4.69, 9.17) is 10.5 Å². The van der Waals surface area contributed by atoms with Crippen molar-refractivity contribution < 1.29 is 4.74 Å². The van der Waals surface area contributed by atoms with Crippen LogP contribution in [0.2, 0.25) is 0 Å². The van der Waals surface area contributed by atoms with Gasteiger partial charge in [-0.2, -0.15) is 0 Å². The van der Waals surface area contributed by atoms with Crippen molar-refractivity contribution in [2.75, 3.05) is 32.0 Å². The van der Waals surface area contributed by atoms with E-state index in [9.17, 15) is 0 Å². The lowest BCUT2D eigenvalue weighted by molar-refractivity contribution is 0.0198. The predicted molar refractivity (Wildman–Crippen MR) is 82.7 cm³/mol. The molecule has 5 nitrogen and oxygen atoms in total. The zero-order valence-corrected chi connectivity index (χ0v) is 12.2. The number of hydrogen-bond donors (Lipinski definition) is 1. The van der Waals surface area contributed by atoms with Crippen molar-refractivity contribution >= 4 is 5.95 Å². The van der Waals surface area contributed by atoms with Gasteiger partial charge in [0, 0.05) is 37.1 Å². The fraction of sp³-hybridized carbons (Fsp3) is 0.375. The quantitative estimate of drug-likeness (QED) is 0.935. The Balaban J connectivity index is 1.75. The third-order valence-corrected chi connectivity index (χ3v) is 3.99. The van der Waals surface area contributed by atoms with Crippen LogP contribution in [-0.2, 0) is 4.74 Å². The largest absolute Gasteiger partial charge is 0.379 e. The number of nitrogens with zero attached hydrogens (tertiary/aromatic N) is 3. The number of aromatic nitrogens is 2. The fourth-order valence-electron chi connectivity index (χ4n) is 2.62. The first-order valence-electron chi connectivity index (χ1n) is 7.24. The molecule has 1 atom stereocenters. The summed E-state index contributed by atoms with van der Waals surface area (Å²) in [6, 6.07) is 8.98. The van der Waals surface area contributed by atoms with E-state index < -0.39 is 0 Å². The highest BCUT2D eigenvalue weighted by Crippen LogP contribution is 2.24. The van der Waals surface area contributed by atoms with Crippen molar-refractivity contribution in [3.8, 4) is 11.1 Å². The van der Waals surface area contributed by atoms with Crippen molar-refractivity contribution in [1.29, 1.82) is 0 Å². The molecule has 2 heterocycles. The number of rotatable bonds is 3. The maximum atomic E-state index is 5.51. The zero-order chi connectivity index (χ0) is 14.7. The van der Waals surface area contributed by atoms with Crippen molar-refractivity contribution in [2.45, 2.75) is 13.0 Å². The van der Waals surface area contributed by atoms with Crippen LogP contribution >= 0.6 is 0 Å². The molecule has 0 bridgehead atoms. The molecule has 2 aromatic rings. The van der Waals surface area contributed by atoms with Gasteiger partial charge in [0.1, 0.15) is 0 Å². The lowest BCUT2D eigenvalue weighted by Gasteiger charge is -2.32. The molecule has 1 unspecified atom stereocenters. The number of nitrogen functional groups attached to an aromatic ring is 1. The maximum Gasteiger partial charge on any atom is 0.219 e. The normalized spacial score (nSPS) is 17.6. The van der Waals surface area contributed by atoms with Crippen LogP contribution in [-0.4, -0.2) is 41.2 Å². The summed E-state index contributed by atoms with van der Waals surface area (Å²) in [6.45, 7) is 5.88. The van der Waals surface area contributed by atoms with Crippen LogP contribution in [0.4, 0.5) is 5.95 Å². The maximum absolute atomic E-state index is 5.51. The van der Waals surface area contributed by atoms with Gasteiger partial charge in [-0.1, -0.05) is 24.3 Å². The van der Waals surface area contributed by atoms with E-state index in [1.807, 2.05) is 0 Å². The topological polar surface area (TPSA) is 64.3 Å². The predicted octanol–water partition coefficient (Wildman–Crippen LogP) is 2.12. The summed E-state index contributed by atoms with van der Waals surface area (Å²) in [6.07, 6.45) is 3.51. The first kappa shape index (κ1) is 14.0. The molecule has 110 valence electrons. The lowest BCUT2D eigenvalue weighted by atomic mass is 10.0. The Morgan fingerprint density at radius 1 is 1.05 bits per heavy atom. The van der Waals surface area contributed by atoms with Gasteiger partial charge in [-0.3, -0.25) is 4.90 Å². The molecular formula is C16H20N4O. The Hall–Kier alpha value is -1.98. The van der Waals surface area contributed by atoms with Gasteiger partial charge >= 0.3 is 0 Å². The highest BCUT2D eigenvalue weighted by Gasteiger charge is 2.18. The molecule has 1 aliphatic rings. The lowest BCUT2D eigenvalue weighted by Crippen LogP contribution is -2.37. The van der Waals surface area contributed by atoms with E-state index in [0.717, 1.165) is 37.4 Å². The summed E-state index contributed by atoms with van der Waals surface area (Å²) in [5, 5.41) is 0. The average molecular weight is 284 g/mol. The van der Waals surface area contributed by atoms with Crippen LogP contribution in [0.5, 0.6) is 0 Å². The van der Waals surface area contributed by atoms with Gasteiger partial charge in [0.05, 0.1) is 13.2 Å². The molecule has 1 saturated heterocycles. The fourth-order valence-corrected chi connectivity index (χ4v) is 2.62. The Kier molecular flexibility index (Phi) is 4.13. The Morgan fingerprint density at radius 2 is 1.67 bits per heavy atom. The standard InChI is InChI=1S/C16H20N4O/c1-12(20-6-8-21-9-7-20)13-2-4-14(5-3-13)15-10-18-16(17)19-11-15/h2-5,10-12H,6-9H2,1H3,(H2,17,18,19). The van der Waals surface area contributed by atoms with Crippen LogP contribution in [0.15, 0.2) is 36.7 Å². The van der Waals surface area contributed by atoms with E-state index in [0.29, 0.717) is 12.0 Å². The summed E-state index contributed by atoms with van der Waals surface area (Å²) in [5.74, 6) is 0.302. The van der Waals surface area contributed by atoms with Gasteiger partial charge in [-0.15, -0.1) is 0 Å². The van der Waals surface area contributed by atoms with E-state index in [1.165, 1.54) is 5.56 Å². The van der Waals surface area contributed by atoms with Gasteiger partial charge in [-0.05, 0) is 18.1 Å². The van der Waals surface area contributed by atoms with Gasteiger partial charge in [0.2, 0.25) is 5.95 Å². The first-order chi connectivity index (χ1) is 10.2. The molecule has 0 radical (unpaired) electrons. The van der Waals surface area contributed by atoms with Crippen LogP contribution in [0, 0.1) is 0 Å². The van der Waals surface area contributed by atoms with Gasteiger partial charge in [0.25, 0.3) is 0 Å². The molecule has 0 amide bonds. The summed E-state index contributed by atoms with van der Waals surface area (Å²) < 4.78 is 5.41. The molecule has 2 N–H and O–H groups in total. The van der Waals surface area contributed by atoms with Crippen molar-refractivity contribution in [3.63, 3.8) is 0 Å². The Labute approximate surface area is 124 Å². The van der Waals surface area contributed by atoms with E-state index in [-0.39, 0.29) is 0 Å². The number of ether oxygens (including phenoxy) is 1. The number of nitrogens with two attached hydrogens (primary N) is 1. The third-order valence-electron chi connectivity index (χ3n) is 3.99. The summed E-state index contributed by atoms with van der Waals surface area (Å²) in [7, 11) is 0. The van der Waals surface area contributed by atoms with Gasteiger partial charge in [-0.25, -0.2) is 9.97 Å². The second-order valence-electron chi connectivity index (χ2n) is 5.28. The Morgan fingerprint density at radius 3 is 2.29 bits per heavy atom. The molecule has 1 aromatic heterocycles. The second-order valence-corrected chi connectivity index (χ2v) is 5.28. The summed E-state index contributed by atoms with van der Waals surface area (Å²) >= 11 is 0. The molecular weight excluding hydrogens is 264 g/mol. The Bertz CT molecular complexity index is 576. The first-order valence-corrected chi connectivity index (χ1v) is 7.24. The molecule has 21 heavy (non-hydrogen) atoms. The van der Waals surface area contributed by atoms with Gasteiger partial charge < -0.3 is 10.5 Å². The number of benzene rings is 1. The molecule has 0 aliphatic carbocycles. The highest BCUT2D eigenvalue weighted by atomic mass is 16.5. The number of hydrogen-bond acceptors (Lipinski definition) is 5. The smallest absolute Gasteiger partial charge is 0.219 e. The highest BCUT2D eigenvalue weighted by molar-refractivity contribution is 5.62. The van der Waals surface area contributed by atoms with Crippen LogP contribution in [0.25, 0.3) is 11.1 Å². The number of anilines is 1. The molecule has 1 aromatic carbocycles. The summed E-state index contributed by atoms with van der Waals surface area (Å²) in [5.41, 5.74) is 8.92. The van der Waals surface area contributed by atoms with Crippen LogP contribution in [0.3, 0.4) is 0 Å². The second kappa shape index (κ2) is 6.20. The molecule has 3 rings (SSSR count). The minimum atomic E-state index is 0.302. The molecule has 0 spiro atoms. The molecule has 1 aliphatic heterocycles. The van der Waals surface area contributed by atoms with Crippen LogP contribution < -0.4 is 5.73 Å².